The molecule has 2 rings (SSSR count). The van der Waals surface area contributed by atoms with Crippen LogP contribution >= 0.6 is 23.2 Å². The first-order valence-corrected chi connectivity index (χ1v) is 6.50. The third kappa shape index (κ3) is 2.50. The van der Waals surface area contributed by atoms with Crippen molar-refractivity contribution in [1.29, 1.82) is 0 Å². The smallest absolute Gasteiger partial charge is 0.0266 e. The van der Waals surface area contributed by atoms with Crippen LogP contribution in [0.4, 0.5) is 0 Å². The van der Waals surface area contributed by atoms with E-state index >= 15 is 0 Å². The maximum absolute atomic E-state index is 5.88. The number of fused-ring (bicyclic) bond motifs is 1. The van der Waals surface area contributed by atoms with Crippen LogP contribution in [0.15, 0.2) is 42.5 Å². The minimum atomic E-state index is 0.356. The van der Waals surface area contributed by atoms with Crippen molar-refractivity contribution in [2.75, 3.05) is 11.8 Å². The van der Waals surface area contributed by atoms with E-state index in [1.165, 1.54) is 16.3 Å². The normalized spacial score (nSPS) is 11.2. The van der Waals surface area contributed by atoms with Crippen LogP contribution in [0.1, 0.15) is 5.56 Å². The van der Waals surface area contributed by atoms with Gasteiger partial charge in [-0.3, -0.25) is 0 Å². The van der Waals surface area contributed by atoms with Gasteiger partial charge in [-0.05, 0) is 28.7 Å². The predicted octanol–water partition coefficient (Wildman–Crippen LogP) is 4.48. The molecule has 0 atom stereocenters. The van der Waals surface area contributed by atoms with Gasteiger partial charge in [-0.25, -0.2) is 0 Å². The highest BCUT2D eigenvalue weighted by atomic mass is 35.5. The van der Waals surface area contributed by atoms with E-state index in [1.54, 1.807) is 0 Å². The van der Waals surface area contributed by atoms with Gasteiger partial charge in [0.1, 0.15) is 0 Å². The maximum atomic E-state index is 5.88. The molecule has 2 aromatic carbocycles. The first-order valence-electron chi connectivity index (χ1n) is 5.43. The van der Waals surface area contributed by atoms with Gasteiger partial charge in [0.05, 0.1) is 0 Å². The second kappa shape index (κ2) is 5.56. The summed E-state index contributed by atoms with van der Waals surface area (Å²) >= 11 is 11.8. The lowest BCUT2D eigenvalue weighted by atomic mass is 9.97. The van der Waals surface area contributed by atoms with Crippen LogP contribution < -0.4 is 0 Å². The van der Waals surface area contributed by atoms with Gasteiger partial charge in [0.2, 0.25) is 0 Å². The molecule has 0 amide bonds. The van der Waals surface area contributed by atoms with Gasteiger partial charge in [0, 0.05) is 11.8 Å². The molecule has 0 aliphatic rings. The van der Waals surface area contributed by atoms with Crippen LogP contribution in [0.2, 0.25) is 0 Å². The van der Waals surface area contributed by atoms with E-state index in [0.29, 0.717) is 17.7 Å². The van der Waals surface area contributed by atoms with Crippen LogP contribution in [-0.2, 0) is 6.42 Å². The average Bonchev–Trinajstić information content (AvgIpc) is 2.36. The van der Waals surface area contributed by atoms with E-state index in [4.69, 9.17) is 23.2 Å². The molecule has 0 heterocycles. The lowest BCUT2D eigenvalue weighted by molar-refractivity contribution is 0.665. The highest BCUT2D eigenvalue weighted by molar-refractivity contribution is 6.20. The van der Waals surface area contributed by atoms with Crippen LogP contribution in [0.3, 0.4) is 0 Å². The molecule has 0 saturated carbocycles. The molecule has 16 heavy (non-hydrogen) atoms. The first kappa shape index (κ1) is 11.8. The molecule has 84 valence electrons. The Morgan fingerprint density at radius 2 is 1.56 bits per heavy atom. The molecule has 0 bridgehead atoms. The molecule has 0 aliphatic heterocycles. The third-order valence-corrected chi connectivity index (χ3v) is 3.70. The molecule has 0 nitrogen and oxygen atoms in total. The van der Waals surface area contributed by atoms with Crippen molar-refractivity contribution in [2.24, 2.45) is 5.92 Å². The van der Waals surface area contributed by atoms with Crippen molar-refractivity contribution in [2.45, 2.75) is 6.42 Å². The van der Waals surface area contributed by atoms with Gasteiger partial charge < -0.3 is 0 Å². The van der Waals surface area contributed by atoms with Crippen LogP contribution in [0.25, 0.3) is 10.8 Å². The Morgan fingerprint density at radius 3 is 2.31 bits per heavy atom. The summed E-state index contributed by atoms with van der Waals surface area (Å²) in [6.07, 6.45) is 0.953. The van der Waals surface area contributed by atoms with Gasteiger partial charge in [-0.15, -0.1) is 23.2 Å². The quantitative estimate of drug-likeness (QED) is 0.705. The predicted molar refractivity (Wildman–Crippen MR) is 72.6 cm³/mol. The Bertz CT molecular complexity index is 456. The zero-order valence-electron chi connectivity index (χ0n) is 9.00. The minimum absolute atomic E-state index is 0.356. The van der Waals surface area contributed by atoms with E-state index < -0.39 is 0 Å². The standard InChI is InChI=1S/C14H14Cl2/c15-9-11(10-16)8-13-6-3-5-12-4-1-2-7-14(12)13/h1-7,11H,8-10H2. The molecule has 0 spiro atoms. The van der Waals surface area contributed by atoms with Crippen molar-refractivity contribution in [1.82, 2.24) is 0 Å². The first-order chi connectivity index (χ1) is 7.85. The van der Waals surface area contributed by atoms with Crippen LogP contribution in [-0.4, -0.2) is 11.8 Å². The number of benzene rings is 2. The molecular weight excluding hydrogens is 239 g/mol. The van der Waals surface area contributed by atoms with Gasteiger partial charge in [0.15, 0.2) is 0 Å². The Morgan fingerprint density at radius 1 is 0.875 bits per heavy atom. The monoisotopic (exact) mass is 252 g/mol. The second-order valence-electron chi connectivity index (χ2n) is 4.02. The van der Waals surface area contributed by atoms with Gasteiger partial charge >= 0.3 is 0 Å². The lowest BCUT2D eigenvalue weighted by Crippen LogP contribution is -2.08. The molecule has 0 N–H and O–H groups in total. The van der Waals surface area contributed by atoms with Crippen molar-refractivity contribution in [3.05, 3.63) is 48.0 Å². The van der Waals surface area contributed by atoms with E-state index in [1.807, 2.05) is 0 Å². The minimum Gasteiger partial charge on any atom is -0.126 e. The van der Waals surface area contributed by atoms with Crippen molar-refractivity contribution >= 4 is 34.0 Å². The molecular formula is C14H14Cl2. The van der Waals surface area contributed by atoms with E-state index in [-0.39, 0.29) is 0 Å². The summed E-state index contributed by atoms with van der Waals surface area (Å²) in [4.78, 5) is 0. The Hall–Kier alpha value is -0.720. The Labute approximate surface area is 106 Å². The highest BCUT2D eigenvalue weighted by Crippen LogP contribution is 2.22. The molecule has 0 aliphatic carbocycles. The maximum Gasteiger partial charge on any atom is 0.0266 e. The molecule has 0 fully saturated rings. The van der Waals surface area contributed by atoms with E-state index in [9.17, 15) is 0 Å². The van der Waals surface area contributed by atoms with E-state index in [2.05, 4.69) is 42.5 Å². The van der Waals surface area contributed by atoms with Gasteiger partial charge in [-0.1, -0.05) is 42.5 Å². The number of rotatable bonds is 4. The third-order valence-electron chi connectivity index (χ3n) is 2.82. The fourth-order valence-electron chi connectivity index (χ4n) is 1.93. The molecule has 0 aromatic heterocycles. The topological polar surface area (TPSA) is 0 Å². The summed E-state index contributed by atoms with van der Waals surface area (Å²) in [5.74, 6) is 1.59. The second-order valence-corrected chi connectivity index (χ2v) is 4.63. The Kier molecular flexibility index (Phi) is 4.09. The fraction of sp³-hybridized carbons (Fsp3) is 0.286. The van der Waals surface area contributed by atoms with Crippen LogP contribution in [0, 0.1) is 5.92 Å². The van der Waals surface area contributed by atoms with Crippen molar-refractivity contribution in [3.63, 3.8) is 0 Å². The van der Waals surface area contributed by atoms with Gasteiger partial charge in [-0.2, -0.15) is 0 Å². The van der Waals surface area contributed by atoms with E-state index in [0.717, 1.165) is 6.42 Å². The zero-order chi connectivity index (χ0) is 11.4. The van der Waals surface area contributed by atoms with Gasteiger partial charge in [0.25, 0.3) is 0 Å². The number of hydrogen-bond acceptors (Lipinski definition) is 0. The summed E-state index contributed by atoms with van der Waals surface area (Å²) in [5, 5.41) is 2.59. The highest BCUT2D eigenvalue weighted by Gasteiger charge is 2.09. The average molecular weight is 253 g/mol. The molecule has 0 unspecified atom stereocenters. The van der Waals surface area contributed by atoms with Crippen molar-refractivity contribution < 1.29 is 0 Å². The van der Waals surface area contributed by atoms with Crippen LogP contribution in [0.5, 0.6) is 0 Å². The summed E-state index contributed by atoms with van der Waals surface area (Å²) in [7, 11) is 0. The molecule has 2 aromatic rings. The fourth-order valence-corrected chi connectivity index (χ4v) is 2.48. The Balaban J connectivity index is 2.36. The zero-order valence-corrected chi connectivity index (χ0v) is 10.5. The summed E-state index contributed by atoms with van der Waals surface area (Å²) in [5.41, 5.74) is 1.34. The summed E-state index contributed by atoms with van der Waals surface area (Å²) < 4.78 is 0. The largest absolute Gasteiger partial charge is 0.126 e. The summed E-state index contributed by atoms with van der Waals surface area (Å²) in [6.45, 7) is 0. The number of hydrogen-bond donors (Lipinski definition) is 0. The number of alkyl halides is 2. The molecule has 0 radical (unpaired) electrons. The summed E-state index contributed by atoms with van der Waals surface area (Å²) in [6, 6.07) is 14.8. The van der Waals surface area contributed by atoms with Crippen molar-refractivity contribution in [3.8, 4) is 0 Å². The lowest BCUT2D eigenvalue weighted by Gasteiger charge is -2.12. The molecule has 2 heteroatoms. The SMILES string of the molecule is ClCC(CCl)Cc1cccc2ccccc12. The molecule has 0 saturated heterocycles. The number of halogens is 2.